The van der Waals surface area contributed by atoms with E-state index in [1.807, 2.05) is 0 Å². The number of alkyl halides is 2. The third-order valence-corrected chi connectivity index (χ3v) is 1.88. The van der Waals surface area contributed by atoms with Gasteiger partial charge in [0.15, 0.2) is 4.60 Å². The van der Waals surface area contributed by atoms with E-state index in [2.05, 4.69) is 20.9 Å². The van der Waals surface area contributed by atoms with Crippen LogP contribution >= 0.6 is 15.9 Å². The minimum atomic E-state index is -2.97. The van der Waals surface area contributed by atoms with Gasteiger partial charge >= 0.3 is 5.69 Å². The van der Waals surface area contributed by atoms with Crippen molar-refractivity contribution in [2.75, 3.05) is 0 Å². The van der Waals surface area contributed by atoms with Gasteiger partial charge in [-0.1, -0.05) is 0 Å². The Morgan fingerprint density at radius 3 is 2.50 bits per heavy atom. The van der Waals surface area contributed by atoms with Crippen molar-refractivity contribution in [3.8, 4) is 0 Å². The molecule has 0 aliphatic carbocycles. The molecular formula is C6H2BrF3N2O2. The van der Waals surface area contributed by atoms with Crippen molar-refractivity contribution in [3.05, 3.63) is 32.3 Å². The highest BCUT2D eigenvalue weighted by molar-refractivity contribution is 9.10. The van der Waals surface area contributed by atoms with E-state index in [1.54, 1.807) is 0 Å². The zero-order valence-electron chi connectivity index (χ0n) is 6.38. The molecule has 0 spiro atoms. The topological polar surface area (TPSA) is 56.0 Å². The van der Waals surface area contributed by atoms with Crippen LogP contribution < -0.4 is 0 Å². The molecule has 0 fully saturated rings. The van der Waals surface area contributed by atoms with Gasteiger partial charge in [-0.2, -0.15) is 4.39 Å². The molecule has 4 nitrogen and oxygen atoms in total. The van der Waals surface area contributed by atoms with E-state index in [0.29, 0.717) is 6.07 Å². The zero-order valence-corrected chi connectivity index (χ0v) is 7.96. The molecule has 0 aliphatic heterocycles. The molecule has 0 amide bonds. The highest BCUT2D eigenvalue weighted by Gasteiger charge is 2.24. The SMILES string of the molecule is O=[N+]([O-])c1c(F)cc(C(F)F)nc1Br. The van der Waals surface area contributed by atoms with Gasteiger partial charge in [-0.25, -0.2) is 13.8 Å². The van der Waals surface area contributed by atoms with Gasteiger partial charge in [-0.05, 0) is 15.9 Å². The van der Waals surface area contributed by atoms with Crippen LogP contribution in [0.2, 0.25) is 0 Å². The molecule has 0 unspecified atom stereocenters. The average molecular weight is 271 g/mol. The molecule has 0 saturated heterocycles. The second-order valence-electron chi connectivity index (χ2n) is 2.23. The minimum Gasteiger partial charge on any atom is -0.258 e. The lowest BCUT2D eigenvalue weighted by atomic mass is 10.3. The van der Waals surface area contributed by atoms with Gasteiger partial charge < -0.3 is 0 Å². The van der Waals surface area contributed by atoms with Crippen LogP contribution in [0.25, 0.3) is 0 Å². The van der Waals surface area contributed by atoms with E-state index in [9.17, 15) is 23.3 Å². The summed E-state index contributed by atoms with van der Waals surface area (Å²) in [6.07, 6.45) is -2.97. The van der Waals surface area contributed by atoms with E-state index in [-0.39, 0.29) is 0 Å². The van der Waals surface area contributed by atoms with E-state index in [0.717, 1.165) is 0 Å². The van der Waals surface area contributed by atoms with Crippen LogP contribution in [0.5, 0.6) is 0 Å². The van der Waals surface area contributed by atoms with Gasteiger partial charge in [0.1, 0.15) is 5.69 Å². The molecule has 0 aliphatic rings. The predicted octanol–water partition coefficient (Wildman–Crippen LogP) is 2.83. The summed E-state index contributed by atoms with van der Waals surface area (Å²) in [5.74, 6) is -1.34. The molecule has 1 aromatic heterocycles. The lowest BCUT2D eigenvalue weighted by Crippen LogP contribution is -2.00. The first-order valence-corrected chi connectivity index (χ1v) is 4.01. The molecule has 0 radical (unpaired) electrons. The lowest BCUT2D eigenvalue weighted by molar-refractivity contribution is -0.388. The summed E-state index contributed by atoms with van der Waals surface area (Å²) in [7, 11) is 0. The zero-order chi connectivity index (χ0) is 10.9. The average Bonchev–Trinajstić information content (AvgIpc) is 2.01. The van der Waals surface area contributed by atoms with E-state index < -0.39 is 33.2 Å². The van der Waals surface area contributed by atoms with E-state index in [4.69, 9.17) is 0 Å². The van der Waals surface area contributed by atoms with Gasteiger partial charge in [0.2, 0.25) is 5.82 Å². The number of nitrogens with zero attached hydrogens (tertiary/aromatic N) is 2. The summed E-state index contributed by atoms with van der Waals surface area (Å²) >= 11 is 2.54. The summed E-state index contributed by atoms with van der Waals surface area (Å²) in [5, 5.41) is 10.2. The Morgan fingerprint density at radius 2 is 2.14 bits per heavy atom. The van der Waals surface area contributed by atoms with Crippen LogP contribution in [0.15, 0.2) is 10.7 Å². The third-order valence-electron chi connectivity index (χ3n) is 1.33. The first-order chi connectivity index (χ1) is 6.43. The molecule has 0 N–H and O–H groups in total. The normalized spacial score (nSPS) is 10.6. The summed E-state index contributed by atoms with van der Waals surface area (Å²) in [4.78, 5) is 12.3. The van der Waals surface area contributed by atoms with Gasteiger partial charge in [0.25, 0.3) is 6.43 Å². The minimum absolute atomic E-state index is 0.341. The van der Waals surface area contributed by atoms with Crippen molar-refractivity contribution in [2.45, 2.75) is 6.43 Å². The molecule has 1 aromatic rings. The van der Waals surface area contributed by atoms with Crippen molar-refractivity contribution in [1.29, 1.82) is 0 Å². The summed E-state index contributed by atoms with van der Waals surface area (Å²) in [6, 6.07) is 0.341. The Balaban J connectivity index is 3.32. The van der Waals surface area contributed by atoms with E-state index in [1.165, 1.54) is 0 Å². The quantitative estimate of drug-likeness (QED) is 0.472. The predicted molar refractivity (Wildman–Crippen MR) is 43.5 cm³/mol. The number of hydrogen-bond donors (Lipinski definition) is 0. The Morgan fingerprint density at radius 1 is 1.57 bits per heavy atom. The third kappa shape index (κ3) is 2.00. The van der Waals surface area contributed by atoms with Crippen LogP contribution in [-0.2, 0) is 0 Å². The molecule has 76 valence electrons. The molecule has 8 heteroatoms. The fourth-order valence-corrected chi connectivity index (χ4v) is 1.31. The number of hydrogen-bond acceptors (Lipinski definition) is 3. The Bertz CT molecular complexity index is 362. The standard InChI is InChI=1S/C6H2BrF3N2O2/c7-5-4(12(13)14)2(8)1-3(11-5)6(9)10/h1,6H. The first kappa shape index (κ1) is 10.9. The summed E-state index contributed by atoms with van der Waals surface area (Å²) in [5.41, 5.74) is -1.80. The van der Waals surface area contributed by atoms with Crippen LogP contribution in [0.4, 0.5) is 18.9 Å². The molecule has 1 heterocycles. The van der Waals surface area contributed by atoms with Crippen molar-refractivity contribution >= 4 is 21.6 Å². The molecule has 14 heavy (non-hydrogen) atoms. The largest absolute Gasteiger partial charge is 0.337 e. The molecule has 1 rings (SSSR count). The summed E-state index contributed by atoms with van der Waals surface area (Å²) in [6.45, 7) is 0. The monoisotopic (exact) mass is 270 g/mol. The summed E-state index contributed by atoms with van der Waals surface area (Å²) < 4.78 is 36.4. The maximum absolute atomic E-state index is 12.9. The Hall–Kier alpha value is -1.18. The fraction of sp³-hybridized carbons (Fsp3) is 0.167. The Labute approximate surface area is 84.0 Å². The number of nitro groups is 1. The highest BCUT2D eigenvalue weighted by atomic mass is 79.9. The fourth-order valence-electron chi connectivity index (χ4n) is 0.770. The number of pyridine rings is 1. The highest BCUT2D eigenvalue weighted by Crippen LogP contribution is 2.29. The maximum atomic E-state index is 12.9. The van der Waals surface area contributed by atoms with Crippen LogP contribution in [0, 0.1) is 15.9 Å². The van der Waals surface area contributed by atoms with Crippen molar-refractivity contribution in [1.82, 2.24) is 4.98 Å². The van der Waals surface area contributed by atoms with Crippen LogP contribution in [-0.4, -0.2) is 9.91 Å². The lowest BCUT2D eigenvalue weighted by Gasteiger charge is -2.01. The van der Waals surface area contributed by atoms with E-state index >= 15 is 0 Å². The van der Waals surface area contributed by atoms with Crippen LogP contribution in [0.1, 0.15) is 12.1 Å². The molecule has 0 aromatic carbocycles. The smallest absolute Gasteiger partial charge is 0.258 e. The van der Waals surface area contributed by atoms with Crippen LogP contribution in [0.3, 0.4) is 0 Å². The maximum Gasteiger partial charge on any atom is 0.337 e. The number of halogens is 4. The number of rotatable bonds is 2. The molecular weight excluding hydrogens is 269 g/mol. The van der Waals surface area contributed by atoms with Gasteiger partial charge in [0.05, 0.1) is 4.92 Å². The second kappa shape index (κ2) is 3.91. The Kier molecular flexibility index (Phi) is 3.04. The second-order valence-corrected chi connectivity index (χ2v) is 2.98. The number of aromatic nitrogens is 1. The van der Waals surface area contributed by atoms with Gasteiger partial charge in [-0.3, -0.25) is 10.1 Å². The van der Waals surface area contributed by atoms with Crippen molar-refractivity contribution in [3.63, 3.8) is 0 Å². The van der Waals surface area contributed by atoms with Gasteiger partial charge in [0, 0.05) is 6.07 Å². The van der Waals surface area contributed by atoms with Gasteiger partial charge in [-0.15, -0.1) is 0 Å². The molecule has 0 bridgehead atoms. The molecule has 0 saturated carbocycles. The molecule has 0 atom stereocenters. The van der Waals surface area contributed by atoms with Crippen molar-refractivity contribution in [2.24, 2.45) is 0 Å². The van der Waals surface area contributed by atoms with Crippen molar-refractivity contribution < 1.29 is 18.1 Å². The first-order valence-electron chi connectivity index (χ1n) is 3.22.